The number of aromatic hydroxyl groups is 1. The first-order chi connectivity index (χ1) is 9.13. The Hall–Kier alpha value is -1.65. The van der Waals surface area contributed by atoms with Crippen LogP contribution in [0.5, 0.6) is 5.75 Å². The maximum absolute atomic E-state index is 9.31. The number of benzene rings is 1. The van der Waals surface area contributed by atoms with Crippen LogP contribution in [-0.2, 0) is 0 Å². The summed E-state index contributed by atoms with van der Waals surface area (Å²) in [4.78, 5) is 7.32. The maximum atomic E-state index is 9.31. The van der Waals surface area contributed by atoms with Crippen LogP contribution in [0.2, 0.25) is 0 Å². The van der Waals surface area contributed by atoms with Gasteiger partial charge in [0.1, 0.15) is 10.8 Å². The van der Waals surface area contributed by atoms with E-state index in [0.717, 1.165) is 16.3 Å². The zero-order chi connectivity index (χ0) is 13.4. The molecule has 0 aliphatic carbocycles. The lowest BCUT2D eigenvalue weighted by molar-refractivity contribution is 0.475. The summed E-state index contributed by atoms with van der Waals surface area (Å²) < 4.78 is 0. The van der Waals surface area contributed by atoms with Crippen LogP contribution in [-0.4, -0.2) is 10.1 Å². The Labute approximate surface area is 120 Å². The van der Waals surface area contributed by atoms with E-state index in [9.17, 15) is 5.11 Å². The van der Waals surface area contributed by atoms with E-state index in [1.54, 1.807) is 34.8 Å². The molecule has 0 unspecified atom stereocenters. The third kappa shape index (κ3) is 2.41. The van der Waals surface area contributed by atoms with Gasteiger partial charge in [-0.25, -0.2) is 4.98 Å². The van der Waals surface area contributed by atoms with Gasteiger partial charge in [0.25, 0.3) is 0 Å². The fourth-order valence-corrected chi connectivity index (χ4v) is 3.78. The van der Waals surface area contributed by atoms with E-state index >= 15 is 0 Å². The minimum atomic E-state index is 0.282. The van der Waals surface area contributed by atoms with Gasteiger partial charge >= 0.3 is 0 Å². The van der Waals surface area contributed by atoms with Gasteiger partial charge in [0.05, 0.1) is 5.69 Å². The Morgan fingerprint density at radius 3 is 2.47 bits per heavy atom. The standard InChI is InChI=1S/C15H13NOS2/c1-9-7-13(10(2)19-9)14-8-18-15(16-14)11-3-5-12(17)6-4-11/h3-8,17H,1-2H3. The van der Waals surface area contributed by atoms with E-state index in [2.05, 4.69) is 25.3 Å². The third-order valence-corrected chi connectivity index (χ3v) is 4.79. The topological polar surface area (TPSA) is 33.1 Å². The average Bonchev–Trinajstić information content (AvgIpc) is 2.97. The molecule has 0 saturated heterocycles. The van der Waals surface area contributed by atoms with Gasteiger partial charge in [-0.05, 0) is 44.2 Å². The first-order valence-electron chi connectivity index (χ1n) is 5.96. The highest BCUT2D eigenvalue weighted by molar-refractivity contribution is 7.14. The molecule has 3 rings (SSSR count). The summed E-state index contributed by atoms with van der Waals surface area (Å²) in [5.41, 5.74) is 3.30. The molecule has 3 aromatic rings. The number of rotatable bonds is 2. The van der Waals surface area contributed by atoms with Gasteiger partial charge in [-0.2, -0.15) is 0 Å². The molecule has 0 saturated carbocycles. The van der Waals surface area contributed by atoms with E-state index in [4.69, 9.17) is 4.98 Å². The molecule has 0 amide bonds. The zero-order valence-electron chi connectivity index (χ0n) is 10.7. The largest absolute Gasteiger partial charge is 0.508 e. The van der Waals surface area contributed by atoms with Crippen molar-refractivity contribution in [1.82, 2.24) is 4.98 Å². The van der Waals surface area contributed by atoms with E-state index in [0.29, 0.717) is 0 Å². The van der Waals surface area contributed by atoms with E-state index < -0.39 is 0 Å². The highest BCUT2D eigenvalue weighted by atomic mass is 32.1. The second-order valence-electron chi connectivity index (χ2n) is 4.41. The number of thiazole rings is 1. The molecule has 0 aliphatic heterocycles. The number of hydrogen-bond donors (Lipinski definition) is 1. The van der Waals surface area contributed by atoms with Crippen molar-refractivity contribution in [3.05, 3.63) is 45.5 Å². The quantitative estimate of drug-likeness (QED) is 0.730. The van der Waals surface area contributed by atoms with Gasteiger partial charge in [0, 0.05) is 26.3 Å². The van der Waals surface area contributed by atoms with Crippen molar-refractivity contribution in [2.45, 2.75) is 13.8 Å². The molecule has 4 heteroatoms. The monoisotopic (exact) mass is 287 g/mol. The zero-order valence-corrected chi connectivity index (χ0v) is 12.3. The molecule has 0 radical (unpaired) electrons. The van der Waals surface area contributed by atoms with Crippen molar-refractivity contribution < 1.29 is 5.11 Å². The summed E-state index contributed by atoms with van der Waals surface area (Å²) in [7, 11) is 0. The summed E-state index contributed by atoms with van der Waals surface area (Å²) in [5.74, 6) is 0.282. The number of nitrogens with zero attached hydrogens (tertiary/aromatic N) is 1. The Morgan fingerprint density at radius 1 is 1.11 bits per heavy atom. The molecule has 96 valence electrons. The lowest BCUT2D eigenvalue weighted by Gasteiger charge is -1.96. The first kappa shape index (κ1) is 12.4. The van der Waals surface area contributed by atoms with Crippen LogP contribution in [0.25, 0.3) is 21.8 Å². The summed E-state index contributed by atoms with van der Waals surface area (Å²) in [6.45, 7) is 4.25. The van der Waals surface area contributed by atoms with Crippen LogP contribution in [0.3, 0.4) is 0 Å². The number of aromatic nitrogens is 1. The highest BCUT2D eigenvalue weighted by Gasteiger charge is 2.10. The summed E-state index contributed by atoms with van der Waals surface area (Å²) in [6, 6.07) is 9.36. The van der Waals surface area contributed by atoms with Crippen molar-refractivity contribution in [2.75, 3.05) is 0 Å². The van der Waals surface area contributed by atoms with Crippen LogP contribution in [0.4, 0.5) is 0 Å². The molecule has 2 nitrogen and oxygen atoms in total. The predicted molar refractivity (Wildman–Crippen MR) is 82.0 cm³/mol. The van der Waals surface area contributed by atoms with E-state index in [1.165, 1.54) is 15.3 Å². The lowest BCUT2D eigenvalue weighted by atomic mass is 10.2. The fraction of sp³-hybridized carbons (Fsp3) is 0.133. The van der Waals surface area contributed by atoms with Gasteiger partial charge in [-0.1, -0.05) is 0 Å². The van der Waals surface area contributed by atoms with Gasteiger partial charge in [0.15, 0.2) is 0 Å². The second-order valence-corrected chi connectivity index (χ2v) is 6.73. The predicted octanol–water partition coefficient (Wildman–Crippen LogP) is 4.86. The number of phenolic OH excluding ortho intramolecular Hbond substituents is 1. The normalized spacial score (nSPS) is 10.8. The molecule has 0 bridgehead atoms. The van der Waals surface area contributed by atoms with E-state index in [-0.39, 0.29) is 5.75 Å². The summed E-state index contributed by atoms with van der Waals surface area (Å²) in [6.07, 6.45) is 0. The number of thiophene rings is 1. The van der Waals surface area contributed by atoms with Crippen LogP contribution in [0.1, 0.15) is 9.75 Å². The highest BCUT2D eigenvalue weighted by Crippen LogP contribution is 2.34. The molecule has 0 spiro atoms. The minimum Gasteiger partial charge on any atom is -0.508 e. The van der Waals surface area contributed by atoms with Crippen LogP contribution < -0.4 is 0 Å². The molecule has 1 N–H and O–H groups in total. The molecule has 19 heavy (non-hydrogen) atoms. The molecule has 0 fully saturated rings. The third-order valence-electron chi connectivity index (χ3n) is 2.94. The molecule has 2 aromatic heterocycles. The molecule has 0 atom stereocenters. The average molecular weight is 287 g/mol. The molecule has 1 aromatic carbocycles. The molecular formula is C15H13NOS2. The lowest BCUT2D eigenvalue weighted by Crippen LogP contribution is -1.79. The second kappa shape index (κ2) is 4.79. The van der Waals surface area contributed by atoms with E-state index in [1.807, 2.05) is 12.1 Å². The molecule has 2 heterocycles. The number of aryl methyl sites for hydroxylation is 2. The van der Waals surface area contributed by atoms with Crippen LogP contribution in [0, 0.1) is 13.8 Å². The Balaban J connectivity index is 1.99. The van der Waals surface area contributed by atoms with Gasteiger partial charge < -0.3 is 5.11 Å². The van der Waals surface area contributed by atoms with Crippen LogP contribution >= 0.6 is 22.7 Å². The van der Waals surface area contributed by atoms with Crippen molar-refractivity contribution >= 4 is 22.7 Å². The van der Waals surface area contributed by atoms with Gasteiger partial charge in [-0.15, -0.1) is 22.7 Å². The van der Waals surface area contributed by atoms with Crippen LogP contribution in [0.15, 0.2) is 35.7 Å². The number of hydrogen-bond acceptors (Lipinski definition) is 4. The van der Waals surface area contributed by atoms with Gasteiger partial charge in [-0.3, -0.25) is 0 Å². The Kier molecular flexibility index (Phi) is 3.12. The van der Waals surface area contributed by atoms with Crippen molar-refractivity contribution in [3.8, 4) is 27.6 Å². The Morgan fingerprint density at radius 2 is 1.84 bits per heavy atom. The van der Waals surface area contributed by atoms with Crippen molar-refractivity contribution in [3.63, 3.8) is 0 Å². The summed E-state index contributed by atoms with van der Waals surface area (Å²) in [5, 5.41) is 12.4. The molecular weight excluding hydrogens is 274 g/mol. The SMILES string of the molecule is Cc1cc(-c2csc(-c3ccc(O)cc3)n2)c(C)s1. The van der Waals surface area contributed by atoms with Crippen molar-refractivity contribution in [2.24, 2.45) is 0 Å². The van der Waals surface area contributed by atoms with Crippen molar-refractivity contribution in [1.29, 1.82) is 0 Å². The number of phenols is 1. The smallest absolute Gasteiger partial charge is 0.124 e. The first-order valence-corrected chi connectivity index (χ1v) is 7.65. The maximum Gasteiger partial charge on any atom is 0.124 e. The fourth-order valence-electron chi connectivity index (χ4n) is 2.02. The Bertz CT molecular complexity index is 710. The minimum absolute atomic E-state index is 0.282. The van der Waals surface area contributed by atoms with Gasteiger partial charge in [0.2, 0.25) is 0 Å². The molecule has 0 aliphatic rings. The summed E-state index contributed by atoms with van der Waals surface area (Å²) >= 11 is 3.44.